The minimum atomic E-state index is -0.210. The molecule has 0 aliphatic carbocycles. The summed E-state index contributed by atoms with van der Waals surface area (Å²) in [6.07, 6.45) is 1.56. The van der Waals surface area contributed by atoms with Gasteiger partial charge in [0.05, 0.1) is 11.3 Å². The number of nitrogens with zero attached hydrogens (tertiary/aromatic N) is 1. The van der Waals surface area contributed by atoms with Gasteiger partial charge in [0, 0.05) is 17.3 Å². The molecule has 0 bridgehead atoms. The van der Waals surface area contributed by atoms with Crippen molar-refractivity contribution < 1.29 is 9.90 Å². The number of rotatable bonds is 4. The van der Waals surface area contributed by atoms with Crippen LogP contribution in [0, 0.1) is 0 Å². The van der Waals surface area contributed by atoms with E-state index < -0.39 is 0 Å². The average Bonchev–Trinajstić information content (AvgIpc) is 2.62. The Morgan fingerprint density at radius 3 is 2.17 bits per heavy atom. The summed E-state index contributed by atoms with van der Waals surface area (Å²) < 4.78 is 0. The predicted molar refractivity (Wildman–Crippen MR) is 91.7 cm³/mol. The molecule has 3 aromatic rings. The van der Waals surface area contributed by atoms with Crippen LogP contribution in [-0.4, -0.2) is 17.1 Å². The molecule has 3 aromatic carbocycles. The van der Waals surface area contributed by atoms with Crippen LogP contribution in [0.5, 0.6) is 5.75 Å². The molecule has 23 heavy (non-hydrogen) atoms. The first-order chi connectivity index (χ1) is 11.3. The topological polar surface area (TPSA) is 49.7 Å². The Morgan fingerprint density at radius 2 is 1.48 bits per heavy atom. The van der Waals surface area contributed by atoms with Gasteiger partial charge in [-0.1, -0.05) is 54.6 Å². The molecule has 0 radical (unpaired) electrons. The number of ketones is 1. The van der Waals surface area contributed by atoms with E-state index in [4.69, 9.17) is 0 Å². The third kappa shape index (κ3) is 3.35. The molecule has 0 saturated carbocycles. The predicted octanol–water partition coefficient (Wildman–Crippen LogP) is 4.37. The highest BCUT2D eigenvalue weighted by atomic mass is 16.3. The Hall–Kier alpha value is -3.20. The van der Waals surface area contributed by atoms with E-state index in [-0.39, 0.29) is 17.1 Å². The van der Waals surface area contributed by atoms with Crippen molar-refractivity contribution in [2.75, 3.05) is 0 Å². The van der Waals surface area contributed by atoms with Crippen molar-refractivity contribution in [3.05, 3.63) is 95.6 Å². The second-order valence-electron chi connectivity index (χ2n) is 5.03. The molecule has 112 valence electrons. The number of benzene rings is 3. The van der Waals surface area contributed by atoms with Crippen LogP contribution >= 0.6 is 0 Å². The van der Waals surface area contributed by atoms with Crippen LogP contribution in [0.4, 0.5) is 5.69 Å². The first-order valence-electron chi connectivity index (χ1n) is 7.26. The zero-order valence-corrected chi connectivity index (χ0v) is 12.4. The van der Waals surface area contributed by atoms with E-state index in [0.717, 1.165) is 5.69 Å². The van der Waals surface area contributed by atoms with Crippen LogP contribution < -0.4 is 0 Å². The Morgan fingerprint density at radius 1 is 0.826 bits per heavy atom. The minimum Gasteiger partial charge on any atom is -0.506 e. The highest BCUT2D eigenvalue weighted by Gasteiger charge is 2.14. The summed E-state index contributed by atoms with van der Waals surface area (Å²) in [5.41, 5.74) is 2.11. The molecule has 0 spiro atoms. The molecule has 0 amide bonds. The van der Waals surface area contributed by atoms with Crippen LogP contribution in [0.1, 0.15) is 21.5 Å². The number of phenolic OH excluding ortho intramolecular Hbond substituents is 1. The Balaban J connectivity index is 1.93. The molecular weight excluding hydrogens is 286 g/mol. The van der Waals surface area contributed by atoms with Gasteiger partial charge in [-0.2, -0.15) is 0 Å². The lowest BCUT2D eigenvalue weighted by Crippen LogP contribution is -2.02. The maximum atomic E-state index is 12.5. The summed E-state index contributed by atoms with van der Waals surface area (Å²) in [6, 6.07) is 23.4. The van der Waals surface area contributed by atoms with E-state index in [2.05, 4.69) is 4.99 Å². The number of aliphatic imine (C=N–C) groups is 1. The molecule has 0 aliphatic rings. The molecule has 0 unspecified atom stereocenters. The maximum absolute atomic E-state index is 12.5. The van der Waals surface area contributed by atoms with Crippen molar-refractivity contribution in [2.45, 2.75) is 0 Å². The monoisotopic (exact) mass is 301 g/mol. The van der Waals surface area contributed by atoms with Gasteiger partial charge in [0.2, 0.25) is 0 Å². The first-order valence-corrected chi connectivity index (χ1v) is 7.26. The van der Waals surface area contributed by atoms with Gasteiger partial charge in [-0.15, -0.1) is 0 Å². The van der Waals surface area contributed by atoms with Gasteiger partial charge >= 0.3 is 0 Å². The highest BCUT2D eigenvalue weighted by molar-refractivity contribution is 6.11. The third-order valence-corrected chi connectivity index (χ3v) is 3.46. The third-order valence-electron chi connectivity index (χ3n) is 3.46. The lowest BCUT2D eigenvalue weighted by atomic mass is 10.0. The molecule has 3 rings (SSSR count). The fraction of sp³-hybridized carbons (Fsp3) is 0. The summed E-state index contributed by atoms with van der Waals surface area (Å²) >= 11 is 0. The fourth-order valence-electron chi connectivity index (χ4n) is 2.25. The Kier molecular flexibility index (Phi) is 4.29. The van der Waals surface area contributed by atoms with Crippen LogP contribution in [0.2, 0.25) is 0 Å². The van der Waals surface area contributed by atoms with Crippen molar-refractivity contribution in [2.24, 2.45) is 4.99 Å². The molecular formula is C20H15NO2. The SMILES string of the molecule is O=C(c1ccccc1)c1cccc(C=Nc2ccccc2)c1O. The van der Waals surface area contributed by atoms with Crippen LogP contribution in [0.25, 0.3) is 0 Å². The summed E-state index contributed by atoms with van der Waals surface area (Å²) in [7, 11) is 0. The summed E-state index contributed by atoms with van der Waals surface area (Å²) in [5.74, 6) is -0.265. The number of carbonyl (C=O) groups is 1. The molecule has 3 nitrogen and oxygen atoms in total. The molecule has 0 saturated heterocycles. The van der Waals surface area contributed by atoms with Crippen LogP contribution in [-0.2, 0) is 0 Å². The van der Waals surface area contributed by atoms with Crippen LogP contribution in [0.3, 0.4) is 0 Å². The van der Waals surface area contributed by atoms with E-state index in [1.807, 2.05) is 36.4 Å². The number of hydrogen-bond donors (Lipinski definition) is 1. The molecule has 0 atom stereocenters. The first kappa shape index (κ1) is 14.7. The Labute approximate surface area is 134 Å². The molecule has 1 N–H and O–H groups in total. The van der Waals surface area contributed by atoms with Crippen molar-refractivity contribution in [3.63, 3.8) is 0 Å². The number of aromatic hydroxyl groups is 1. The number of phenols is 1. The number of para-hydroxylation sites is 2. The zero-order chi connectivity index (χ0) is 16.1. The number of carbonyl (C=O) groups excluding carboxylic acids is 1. The molecule has 3 heteroatoms. The van der Waals surface area contributed by atoms with E-state index in [0.29, 0.717) is 11.1 Å². The van der Waals surface area contributed by atoms with Crippen molar-refractivity contribution >= 4 is 17.7 Å². The molecule has 0 fully saturated rings. The number of hydrogen-bond acceptors (Lipinski definition) is 3. The molecule has 0 heterocycles. The minimum absolute atomic E-state index is 0.0546. The normalized spacial score (nSPS) is 10.8. The lowest BCUT2D eigenvalue weighted by molar-refractivity contribution is 0.103. The lowest BCUT2D eigenvalue weighted by Gasteiger charge is -2.06. The van der Waals surface area contributed by atoms with Gasteiger partial charge in [-0.05, 0) is 24.3 Å². The zero-order valence-electron chi connectivity index (χ0n) is 12.4. The quantitative estimate of drug-likeness (QED) is 0.574. The van der Waals surface area contributed by atoms with Gasteiger partial charge in [-0.3, -0.25) is 9.79 Å². The smallest absolute Gasteiger partial charge is 0.196 e. The average molecular weight is 301 g/mol. The second-order valence-corrected chi connectivity index (χ2v) is 5.03. The van der Waals surface area contributed by atoms with Gasteiger partial charge < -0.3 is 5.11 Å². The van der Waals surface area contributed by atoms with Crippen molar-refractivity contribution in [3.8, 4) is 5.75 Å². The standard InChI is InChI=1S/C20H15NO2/c22-19(15-8-3-1-4-9-15)18-13-7-10-16(20(18)23)14-21-17-11-5-2-6-12-17/h1-14,23H. The summed E-state index contributed by atoms with van der Waals surface area (Å²) in [6.45, 7) is 0. The Bertz CT molecular complexity index is 840. The van der Waals surface area contributed by atoms with Crippen LogP contribution in [0.15, 0.2) is 83.9 Å². The fourth-order valence-corrected chi connectivity index (χ4v) is 2.25. The summed E-state index contributed by atoms with van der Waals surface area (Å²) in [5, 5.41) is 10.4. The van der Waals surface area contributed by atoms with E-state index in [1.54, 1.807) is 48.7 Å². The van der Waals surface area contributed by atoms with E-state index >= 15 is 0 Å². The van der Waals surface area contributed by atoms with Crippen molar-refractivity contribution in [1.29, 1.82) is 0 Å². The van der Waals surface area contributed by atoms with Crippen molar-refractivity contribution in [1.82, 2.24) is 0 Å². The maximum Gasteiger partial charge on any atom is 0.196 e. The van der Waals surface area contributed by atoms with Gasteiger partial charge in [-0.25, -0.2) is 0 Å². The largest absolute Gasteiger partial charge is 0.506 e. The van der Waals surface area contributed by atoms with Gasteiger partial charge in [0.25, 0.3) is 0 Å². The van der Waals surface area contributed by atoms with E-state index in [1.165, 1.54) is 0 Å². The highest BCUT2D eigenvalue weighted by Crippen LogP contribution is 2.24. The van der Waals surface area contributed by atoms with Gasteiger partial charge in [0.1, 0.15) is 5.75 Å². The molecule has 0 aliphatic heterocycles. The van der Waals surface area contributed by atoms with E-state index in [9.17, 15) is 9.90 Å². The summed E-state index contributed by atoms with van der Waals surface area (Å²) in [4.78, 5) is 16.8. The second kappa shape index (κ2) is 6.71. The molecule has 0 aromatic heterocycles. The van der Waals surface area contributed by atoms with Gasteiger partial charge in [0.15, 0.2) is 5.78 Å².